The van der Waals surface area contributed by atoms with Crippen molar-refractivity contribution in [3.05, 3.63) is 52.4 Å². The molecule has 1 aromatic carbocycles. The summed E-state index contributed by atoms with van der Waals surface area (Å²) in [5.41, 5.74) is 7.42. The summed E-state index contributed by atoms with van der Waals surface area (Å²) >= 11 is 6.15. The quantitative estimate of drug-likeness (QED) is 0.200. The molecule has 0 bridgehead atoms. The molecule has 2 amide bonds. The average Bonchev–Trinajstić information content (AvgIpc) is 2.67. The van der Waals surface area contributed by atoms with E-state index in [0.717, 1.165) is 35.6 Å². The first-order valence-corrected chi connectivity index (χ1v) is 10.7. The summed E-state index contributed by atoms with van der Waals surface area (Å²) < 4.78 is 5.00. The Morgan fingerprint density at radius 3 is 2.62 bits per heavy atom. The highest BCUT2D eigenvalue weighted by Crippen LogP contribution is 2.25. The number of hydrogen-bond acceptors (Lipinski definition) is 6. The van der Waals surface area contributed by atoms with Gasteiger partial charge >= 0.3 is 6.09 Å². The largest absolute Gasteiger partial charge is 0.494 e. The monoisotopic (exact) mass is 464 g/mol. The van der Waals surface area contributed by atoms with E-state index in [4.69, 9.17) is 27.5 Å². The summed E-state index contributed by atoms with van der Waals surface area (Å²) in [6, 6.07) is 5.65. The molecule has 0 atom stereocenters. The lowest BCUT2D eigenvalue weighted by Crippen LogP contribution is -2.34. The molecule has 0 saturated heterocycles. The topological polar surface area (TPSA) is 138 Å². The number of halogens is 1. The fourth-order valence-electron chi connectivity index (χ4n) is 2.73. The number of hydrogen-bond donors (Lipinski definition) is 5. The van der Waals surface area contributed by atoms with Crippen molar-refractivity contribution in [1.29, 1.82) is 5.41 Å². The van der Waals surface area contributed by atoms with E-state index < -0.39 is 29.2 Å². The molecule has 0 aliphatic rings. The van der Waals surface area contributed by atoms with Crippen LogP contribution < -0.4 is 16.4 Å². The summed E-state index contributed by atoms with van der Waals surface area (Å²) in [6.45, 7) is 7.86. The SMILES string of the molecule is Cc1ccc(Cl)cc1/C(=C\CCCN)CCNC(=O)C(=N)/C=C(\O)NC(=O)OC(C)(C)C. The molecule has 0 unspecified atom stereocenters. The second kappa shape index (κ2) is 12.9. The lowest BCUT2D eigenvalue weighted by Gasteiger charge is -2.19. The van der Waals surface area contributed by atoms with Gasteiger partial charge in [0.15, 0.2) is 5.88 Å². The summed E-state index contributed by atoms with van der Waals surface area (Å²) in [5.74, 6) is -1.34. The highest BCUT2D eigenvalue weighted by molar-refractivity contribution is 6.42. The van der Waals surface area contributed by atoms with E-state index in [0.29, 0.717) is 18.0 Å². The number of rotatable bonds is 10. The molecule has 32 heavy (non-hydrogen) atoms. The van der Waals surface area contributed by atoms with Gasteiger partial charge in [0, 0.05) is 17.6 Å². The number of nitrogens with two attached hydrogens (primary N) is 1. The molecule has 0 saturated carbocycles. The van der Waals surface area contributed by atoms with Gasteiger partial charge in [-0.25, -0.2) is 4.79 Å². The van der Waals surface area contributed by atoms with E-state index in [9.17, 15) is 14.7 Å². The van der Waals surface area contributed by atoms with Gasteiger partial charge < -0.3 is 20.9 Å². The van der Waals surface area contributed by atoms with Crippen LogP contribution in [0.25, 0.3) is 5.57 Å². The van der Waals surface area contributed by atoms with Gasteiger partial charge in [-0.15, -0.1) is 0 Å². The van der Waals surface area contributed by atoms with E-state index in [1.807, 2.05) is 25.1 Å². The Labute approximate surface area is 194 Å². The predicted octanol–water partition coefficient (Wildman–Crippen LogP) is 4.22. The van der Waals surface area contributed by atoms with Gasteiger partial charge in [0.1, 0.15) is 11.3 Å². The van der Waals surface area contributed by atoms with Crippen LogP contribution in [0.5, 0.6) is 0 Å². The Bertz CT molecular complexity index is 888. The highest BCUT2D eigenvalue weighted by atomic mass is 35.5. The molecule has 0 aromatic heterocycles. The first-order chi connectivity index (χ1) is 14.9. The summed E-state index contributed by atoms with van der Waals surface area (Å²) in [7, 11) is 0. The number of alkyl carbamates (subject to hydrolysis) is 1. The molecular formula is C23H33ClN4O4. The van der Waals surface area contributed by atoms with Gasteiger partial charge in [-0.2, -0.15) is 0 Å². The van der Waals surface area contributed by atoms with Gasteiger partial charge in [-0.1, -0.05) is 23.7 Å². The minimum absolute atomic E-state index is 0.274. The van der Waals surface area contributed by atoms with Crippen LogP contribution in [0.1, 0.15) is 51.2 Å². The van der Waals surface area contributed by atoms with Crippen LogP contribution in [0.3, 0.4) is 0 Å². The minimum Gasteiger partial charge on any atom is -0.494 e. The third kappa shape index (κ3) is 10.5. The fraction of sp³-hybridized carbons (Fsp3) is 0.435. The van der Waals surface area contributed by atoms with Crippen LogP contribution in [-0.2, 0) is 9.53 Å². The number of nitrogens with one attached hydrogen (secondary N) is 3. The van der Waals surface area contributed by atoms with Crippen LogP contribution in [0.2, 0.25) is 5.02 Å². The summed E-state index contributed by atoms with van der Waals surface area (Å²) in [4.78, 5) is 23.8. The zero-order valence-electron chi connectivity index (χ0n) is 19.0. The number of unbranched alkanes of at least 4 members (excludes halogenated alkanes) is 1. The third-order valence-corrected chi connectivity index (χ3v) is 4.41. The molecule has 8 nitrogen and oxygen atoms in total. The molecule has 0 aliphatic heterocycles. The molecule has 0 fully saturated rings. The molecule has 0 aliphatic carbocycles. The van der Waals surface area contributed by atoms with E-state index in [2.05, 4.69) is 16.7 Å². The van der Waals surface area contributed by atoms with Crippen molar-refractivity contribution in [2.75, 3.05) is 13.1 Å². The molecule has 0 radical (unpaired) electrons. The average molecular weight is 465 g/mol. The Balaban J connectivity index is 2.72. The van der Waals surface area contributed by atoms with Crippen LogP contribution in [-0.4, -0.2) is 41.5 Å². The number of aryl methyl sites for hydroxylation is 1. The van der Waals surface area contributed by atoms with E-state index in [1.54, 1.807) is 20.8 Å². The number of allylic oxidation sites excluding steroid dienone is 1. The Kier molecular flexibility index (Phi) is 10.9. The number of aliphatic hydroxyl groups is 1. The van der Waals surface area contributed by atoms with Crippen molar-refractivity contribution in [2.24, 2.45) is 5.73 Å². The minimum atomic E-state index is -0.886. The van der Waals surface area contributed by atoms with Gasteiger partial charge in [0.2, 0.25) is 0 Å². The Hall–Kier alpha value is -2.84. The van der Waals surface area contributed by atoms with Gasteiger partial charge in [-0.05, 0) is 82.3 Å². The molecule has 1 aromatic rings. The van der Waals surface area contributed by atoms with Crippen molar-refractivity contribution >= 4 is 34.9 Å². The van der Waals surface area contributed by atoms with Gasteiger partial charge in [0.05, 0.1) is 0 Å². The number of carbonyl (C=O) groups excluding carboxylic acids is 2. The second-order valence-electron chi connectivity index (χ2n) is 8.20. The maximum absolute atomic E-state index is 12.2. The number of aliphatic hydroxyl groups excluding tert-OH is 1. The maximum atomic E-state index is 12.2. The van der Waals surface area contributed by atoms with Crippen molar-refractivity contribution in [2.45, 2.75) is 52.6 Å². The summed E-state index contributed by atoms with van der Waals surface area (Å²) in [6.07, 6.45) is 4.21. The second-order valence-corrected chi connectivity index (χ2v) is 8.63. The molecular weight excluding hydrogens is 432 g/mol. The number of amides is 2. The molecule has 176 valence electrons. The summed E-state index contributed by atoms with van der Waals surface area (Å²) in [5, 5.41) is 22.9. The zero-order chi connectivity index (χ0) is 24.3. The van der Waals surface area contributed by atoms with E-state index in [1.165, 1.54) is 0 Å². The van der Waals surface area contributed by atoms with Crippen LogP contribution in [0.4, 0.5) is 4.79 Å². The van der Waals surface area contributed by atoms with E-state index >= 15 is 0 Å². The van der Waals surface area contributed by atoms with Crippen molar-refractivity contribution in [3.8, 4) is 0 Å². The van der Waals surface area contributed by atoms with E-state index in [-0.39, 0.29) is 6.54 Å². The lowest BCUT2D eigenvalue weighted by molar-refractivity contribution is -0.114. The molecule has 1 rings (SSSR count). The van der Waals surface area contributed by atoms with Crippen molar-refractivity contribution in [1.82, 2.24) is 10.6 Å². The number of ether oxygens (including phenoxy) is 1. The van der Waals surface area contributed by atoms with Crippen LogP contribution in [0, 0.1) is 12.3 Å². The smallest absolute Gasteiger partial charge is 0.414 e. The maximum Gasteiger partial charge on any atom is 0.414 e. The molecule has 0 spiro atoms. The van der Waals surface area contributed by atoms with Gasteiger partial charge in [-0.3, -0.25) is 15.5 Å². The highest BCUT2D eigenvalue weighted by Gasteiger charge is 2.17. The lowest BCUT2D eigenvalue weighted by atomic mass is 9.96. The van der Waals surface area contributed by atoms with Crippen LogP contribution in [0.15, 0.2) is 36.2 Å². The molecule has 0 heterocycles. The van der Waals surface area contributed by atoms with Crippen molar-refractivity contribution in [3.63, 3.8) is 0 Å². The fourth-order valence-corrected chi connectivity index (χ4v) is 2.91. The van der Waals surface area contributed by atoms with Crippen molar-refractivity contribution < 1.29 is 19.4 Å². The normalized spacial score (nSPS) is 12.3. The standard InChI is InChI=1S/C23H33ClN4O4/c1-15-8-9-17(24)13-18(15)16(7-5-6-11-25)10-12-27-21(30)19(26)14-20(29)28-22(31)32-23(2,3)4/h7-9,13-14,26,29H,5-6,10-12,25H2,1-4H3,(H,27,30)(H,28,31)/b16-7-,20-14-,26-19?. The van der Waals surface area contributed by atoms with Crippen LogP contribution >= 0.6 is 11.6 Å². The first-order valence-electron chi connectivity index (χ1n) is 10.4. The third-order valence-electron chi connectivity index (χ3n) is 4.18. The Morgan fingerprint density at radius 1 is 1.31 bits per heavy atom. The molecule has 9 heteroatoms. The number of carbonyl (C=O) groups is 2. The Morgan fingerprint density at radius 2 is 2.00 bits per heavy atom. The first kappa shape index (κ1) is 27.2. The molecule has 6 N–H and O–H groups in total. The predicted molar refractivity (Wildman–Crippen MR) is 128 cm³/mol. The number of benzene rings is 1. The zero-order valence-corrected chi connectivity index (χ0v) is 19.8. The van der Waals surface area contributed by atoms with Gasteiger partial charge in [0.25, 0.3) is 5.91 Å².